The monoisotopic (exact) mass is 455 g/mol. The first kappa shape index (κ1) is 22.0. The number of ketones is 1. The van der Waals surface area contributed by atoms with E-state index in [1.54, 1.807) is 40.9 Å². The Morgan fingerprint density at radius 2 is 1.84 bits per heavy atom. The van der Waals surface area contributed by atoms with Crippen LogP contribution in [0.2, 0.25) is 0 Å². The van der Waals surface area contributed by atoms with Crippen LogP contribution in [0.4, 0.5) is 5.13 Å². The van der Waals surface area contributed by atoms with Crippen LogP contribution >= 0.6 is 23.1 Å². The first-order valence-electron chi connectivity index (χ1n) is 10.2. The van der Waals surface area contributed by atoms with E-state index in [1.165, 1.54) is 23.2 Å². The van der Waals surface area contributed by atoms with Crippen LogP contribution in [0, 0.1) is 0 Å². The van der Waals surface area contributed by atoms with E-state index < -0.39 is 0 Å². The molecule has 1 aliphatic heterocycles. The molecule has 1 fully saturated rings. The first-order valence-corrected chi connectivity index (χ1v) is 12.3. The summed E-state index contributed by atoms with van der Waals surface area (Å²) in [6.07, 6.45) is 2.05. The molecule has 1 saturated heterocycles. The standard InChI is InChI=1S/C23H25N3O3S2/c1-16(27)17-3-5-18(6-4-17)22(28)26(10-9-25-11-13-29-14-12-25)23-24-20-8-7-19(30-2)15-21(20)31-23/h3-8,15H,9-14H2,1-2H3. The number of thiazole rings is 1. The van der Waals surface area contributed by atoms with E-state index in [9.17, 15) is 9.59 Å². The molecule has 6 nitrogen and oxygen atoms in total. The number of amides is 1. The second kappa shape index (κ2) is 9.91. The van der Waals surface area contributed by atoms with Crippen LogP contribution in [0.25, 0.3) is 10.2 Å². The summed E-state index contributed by atoms with van der Waals surface area (Å²) in [7, 11) is 0. The molecule has 2 heterocycles. The van der Waals surface area contributed by atoms with E-state index >= 15 is 0 Å². The predicted octanol–water partition coefficient (Wildman–Crippen LogP) is 4.20. The van der Waals surface area contributed by atoms with Crippen molar-refractivity contribution in [2.45, 2.75) is 11.8 Å². The maximum atomic E-state index is 13.5. The number of benzene rings is 2. The molecule has 8 heteroatoms. The predicted molar refractivity (Wildman–Crippen MR) is 127 cm³/mol. The number of rotatable bonds is 7. The largest absolute Gasteiger partial charge is 0.379 e. The highest BCUT2D eigenvalue weighted by atomic mass is 32.2. The van der Waals surface area contributed by atoms with E-state index in [0.717, 1.165) is 43.1 Å². The molecule has 1 aromatic heterocycles. The summed E-state index contributed by atoms with van der Waals surface area (Å²) in [5.74, 6) is -0.119. The molecule has 0 atom stereocenters. The Morgan fingerprint density at radius 1 is 1.13 bits per heavy atom. The van der Waals surface area contributed by atoms with Crippen molar-refractivity contribution in [1.82, 2.24) is 9.88 Å². The van der Waals surface area contributed by atoms with Gasteiger partial charge in [-0.1, -0.05) is 23.5 Å². The molecule has 0 N–H and O–H groups in total. The molecule has 31 heavy (non-hydrogen) atoms. The van der Waals surface area contributed by atoms with Crippen molar-refractivity contribution in [2.24, 2.45) is 0 Å². The van der Waals surface area contributed by atoms with Crippen molar-refractivity contribution in [3.05, 3.63) is 53.6 Å². The lowest BCUT2D eigenvalue weighted by Gasteiger charge is -2.29. The Kier molecular flexibility index (Phi) is 7.02. The van der Waals surface area contributed by atoms with Gasteiger partial charge in [0.05, 0.1) is 23.4 Å². The third-order valence-corrected chi connectivity index (χ3v) is 7.11. The van der Waals surface area contributed by atoms with Crippen LogP contribution in [0.3, 0.4) is 0 Å². The van der Waals surface area contributed by atoms with Gasteiger partial charge in [0.1, 0.15) is 0 Å². The van der Waals surface area contributed by atoms with Gasteiger partial charge < -0.3 is 4.74 Å². The molecule has 0 aliphatic carbocycles. The van der Waals surface area contributed by atoms with Crippen LogP contribution in [-0.2, 0) is 4.74 Å². The molecule has 0 spiro atoms. The Morgan fingerprint density at radius 3 is 2.52 bits per heavy atom. The summed E-state index contributed by atoms with van der Waals surface area (Å²) < 4.78 is 6.51. The molecule has 0 radical (unpaired) electrons. The van der Waals surface area contributed by atoms with Crippen molar-refractivity contribution in [3.63, 3.8) is 0 Å². The highest BCUT2D eigenvalue weighted by Crippen LogP contribution is 2.32. The minimum atomic E-state index is -0.104. The Balaban J connectivity index is 1.63. The smallest absolute Gasteiger partial charge is 0.260 e. The molecular weight excluding hydrogens is 430 g/mol. The Labute approximate surface area is 190 Å². The van der Waals surface area contributed by atoms with Gasteiger partial charge in [-0.3, -0.25) is 19.4 Å². The average Bonchev–Trinajstić information content (AvgIpc) is 3.22. The van der Waals surface area contributed by atoms with Crippen molar-refractivity contribution in [3.8, 4) is 0 Å². The SMILES string of the molecule is CSc1ccc2nc(N(CCN3CCOCC3)C(=O)c3ccc(C(C)=O)cc3)sc2c1. The molecule has 0 bridgehead atoms. The lowest BCUT2D eigenvalue weighted by atomic mass is 10.1. The molecular formula is C23H25N3O3S2. The van der Waals surface area contributed by atoms with E-state index in [4.69, 9.17) is 9.72 Å². The van der Waals surface area contributed by atoms with Crippen LogP contribution in [0.15, 0.2) is 47.4 Å². The van der Waals surface area contributed by atoms with Crippen LogP contribution in [0.5, 0.6) is 0 Å². The number of hydrogen-bond donors (Lipinski definition) is 0. The van der Waals surface area contributed by atoms with Gasteiger partial charge in [-0.05, 0) is 43.5 Å². The highest BCUT2D eigenvalue weighted by Gasteiger charge is 2.23. The number of nitrogens with zero attached hydrogens (tertiary/aromatic N) is 3. The van der Waals surface area contributed by atoms with Crippen LogP contribution < -0.4 is 4.90 Å². The Hall–Kier alpha value is -2.26. The molecule has 3 aromatic rings. The van der Waals surface area contributed by atoms with Gasteiger partial charge in [0, 0.05) is 42.2 Å². The van der Waals surface area contributed by atoms with Gasteiger partial charge in [0.2, 0.25) is 0 Å². The zero-order valence-electron chi connectivity index (χ0n) is 17.7. The van der Waals surface area contributed by atoms with E-state index in [0.29, 0.717) is 22.8 Å². The van der Waals surface area contributed by atoms with E-state index in [-0.39, 0.29) is 11.7 Å². The minimum absolute atomic E-state index is 0.0149. The number of fused-ring (bicyclic) bond motifs is 1. The summed E-state index contributed by atoms with van der Waals surface area (Å²) in [5, 5.41) is 0.696. The number of aromatic nitrogens is 1. The molecule has 4 rings (SSSR count). The average molecular weight is 456 g/mol. The summed E-state index contributed by atoms with van der Waals surface area (Å²) >= 11 is 3.23. The number of ether oxygens (including phenoxy) is 1. The van der Waals surface area contributed by atoms with Gasteiger partial charge in [-0.2, -0.15) is 0 Å². The van der Waals surface area contributed by atoms with Gasteiger partial charge in [0.15, 0.2) is 10.9 Å². The number of Topliss-reactive ketones (excluding diaryl/α,β-unsaturated/α-hetero) is 1. The molecule has 0 saturated carbocycles. The third-order valence-electron chi connectivity index (χ3n) is 5.34. The number of carbonyl (C=O) groups is 2. The summed E-state index contributed by atoms with van der Waals surface area (Å²) in [6.45, 7) is 6.00. The zero-order valence-corrected chi connectivity index (χ0v) is 19.3. The van der Waals surface area contributed by atoms with Crippen molar-refractivity contribution in [1.29, 1.82) is 0 Å². The lowest BCUT2D eigenvalue weighted by molar-refractivity contribution is 0.0391. The second-order valence-electron chi connectivity index (χ2n) is 7.37. The number of carbonyl (C=O) groups excluding carboxylic acids is 2. The van der Waals surface area contributed by atoms with Crippen molar-refractivity contribution < 1.29 is 14.3 Å². The molecule has 0 unspecified atom stereocenters. The molecule has 162 valence electrons. The summed E-state index contributed by atoms with van der Waals surface area (Å²) in [4.78, 5) is 35.1. The van der Waals surface area contributed by atoms with Gasteiger partial charge in [-0.25, -0.2) is 4.98 Å². The molecule has 2 aromatic carbocycles. The van der Waals surface area contributed by atoms with Crippen LogP contribution in [-0.4, -0.2) is 67.2 Å². The number of anilines is 1. The fourth-order valence-electron chi connectivity index (χ4n) is 3.49. The van der Waals surface area contributed by atoms with E-state index in [1.807, 2.05) is 12.3 Å². The fourth-order valence-corrected chi connectivity index (χ4v) is 5.03. The third kappa shape index (κ3) is 5.15. The van der Waals surface area contributed by atoms with Crippen LogP contribution in [0.1, 0.15) is 27.6 Å². The number of morpholine rings is 1. The maximum Gasteiger partial charge on any atom is 0.260 e. The zero-order chi connectivity index (χ0) is 21.8. The van der Waals surface area contributed by atoms with E-state index in [2.05, 4.69) is 17.0 Å². The van der Waals surface area contributed by atoms with Gasteiger partial charge in [0.25, 0.3) is 5.91 Å². The van der Waals surface area contributed by atoms with Gasteiger partial charge >= 0.3 is 0 Å². The first-order chi connectivity index (χ1) is 15.0. The fraction of sp³-hybridized carbons (Fsp3) is 0.348. The number of thioether (sulfide) groups is 1. The maximum absolute atomic E-state index is 13.5. The second-order valence-corrected chi connectivity index (χ2v) is 9.26. The van der Waals surface area contributed by atoms with Crippen molar-refractivity contribution in [2.75, 3.05) is 50.5 Å². The Bertz CT molecular complexity index is 1080. The summed E-state index contributed by atoms with van der Waals surface area (Å²) in [6, 6.07) is 13.0. The minimum Gasteiger partial charge on any atom is -0.379 e. The highest BCUT2D eigenvalue weighted by molar-refractivity contribution is 7.98. The van der Waals surface area contributed by atoms with Crippen molar-refractivity contribution >= 4 is 50.1 Å². The topological polar surface area (TPSA) is 62.7 Å². The normalized spacial score (nSPS) is 14.6. The number of hydrogen-bond acceptors (Lipinski definition) is 7. The lowest BCUT2D eigenvalue weighted by Crippen LogP contribution is -2.43. The van der Waals surface area contributed by atoms with Gasteiger partial charge in [-0.15, -0.1) is 11.8 Å². The quantitative estimate of drug-likeness (QED) is 0.393. The molecule has 1 aliphatic rings. The summed E-state index contributed by atoms with van der Waals surface area (Å²) in [5.41, 5.74) is 2.05. The molecule has 1 amide bonds.